The number of para-hydroxylation sites is 1. The van der Waals surface area contributed by atoms with Crippen LogP contribution in [-0.2, 0) is 4.74 Å². The van der Waals surface area contributed by atoms with E-state index in [2.05, 4.69) is 22.6 Å². The minimum Gasteiger partial charge on any atom is -0.383 e. The van der Waals surface area contributed by atoms with Gasteiger partial charge in [0.15, 0.2) is 5.82 Å². The first kappa shape index (κ1) is 14.0. The van der Waals surface area contributed by atoms with Crippen molar-refractivity contribution in [1.82, 2.24) is 9.97 Å². The molecule has 0 aliphatic rings. The molecular weight excluding hydrogens is 282 g/mol. The van der Waals surface area contributed by atoms with Crippen molar-refractivity contribution in [2.45, 2.75) is 13.0 Å². The molecule has 0 fully saturated rings. The molecule has 2 heterocycles. The molecule has 0 aliphatic heterocycles. The molecule has 1 atom stereocenters. The van der Waals surface area contributed by atoms with Crippen molar-refractivity contribution < 1.29 is 4.74 Å². The fraction of sp³-hybridized carbons (Fsp3) is 0.250. The smallest absolute Gasteiger partial charge is 0.162 e. The highest BCUT2D eigenvalue weighted by Gasteiger charge is 2.11. The summed E-state index contributed by atoms with van der Waals surface area (Å²) in [5, 5.41) is 8.54. The minimum atomic E-state index is 0.184. The van der Waals surface area contributed by atoms with Crippen LogP contribution in [0.25, 0.3) is 22.3 Å². The van der Waals surface area contributed by atoms with Gasteiger partial charge in [-0.3, -0.25) is 0 Å². The number of anilines is 1. The molecular formula is C16H17N3OS. The maximum atomic E-state index is 5.19. The summed E-state index contributed by atoms with van der Waals surface area (Å²) in [4.78, 5) is 9.35. The van der Waals surface area contributed by atoms with Crippen LogP contribution in [0.1, 0.15) is 6.92 Å². The molecule has 3 rings (SSSR count). The average molecular weight is 299 g/mol. The van der Waals surface area contributed by atoms with Gasteiger partial charge in [0.25, 0.3) is 0 Å². The van der Waals surface area contributed by atoms with Gasteiger partial charge in [0.2, 0.25) is 0 Å². The average Bonchev–Trinajstić information content (AvgIpc) is 3.01. The zero-order valence-corrected chi connectivity index (χ0v) is 12.9. The van der Waals surface area contributed by atoms with Gasteiger partial charge in [-0.15, -0.1) is 0 Å². The van der Waals surface area contributed by atoms with Crippen molar-refractivity contribution in [3.05, 3.63) is 41.1 Å². The summed E-state index contributed by atoms with van der Waals surface area (Å²) in [6.45, 7) is 2.71. The fourth-order valence-corrected chi connectivity index (χ4v) is 2.87. The standard InChI is InChI=1S/C16H17N3OS/c1-11(9-20-2)17-16-13-5-3-4-6-14(13)18-15(19-16)12-7-8-21-10-12/h3-8,10-11H,9H2,1-2H3,(H,17,18,19)/t11-/m0/s1. The predicted octanol–water partition coefficient (Wildman–Crippen LogP) is 3.81. The van der Waals surface area contributed by atoms with E-state index in [9.17, 15) is 0 Å². The number of rotatable bonds is 5. The summed E-state index contributed by atoms with van der Waals surface area (Å²) in [5.74, 6) is 1.61. The predicted molar refractivity (Wildman–Crippen MR) is 87.8 cm³/mol. The summed E-state index contributed by atoms with van der Waals surface area (Å²) >= 11 is 1.65. The number of fused-ring (bicyclic) bond motifs is 1. The fourth-order valence-electron chi connectivity index (χ4n) is 2.23. The van der Waals surface area contributed by atoms with Crippen molar-refractivity contribution >= 4 is 28.1 Å². The van der Waals surface area contributed by atoms with Crippen LogP contribution in [0.5, 0.6) is 0 Å². The highest BCUT2D eigenvalue weighted by molar-refractivity contribution is 7.08. The summed E-state index contributed by atoms with van der Waals surface area (Å²) in [7, 11) is 1.70. The highest BCUT2D eigenvalue weighted by atomic mass is 32.1. The lowest BCUT2D eigenvalue weighted by Crippen LogP contribution is -2.21. The second kappa shape index (κ2) is 6.20. The first-order valence-corrected chi connectivity index (χ1v) is 7.77. The van der Waals surface area contributed by atoms with E-state index in [1.54, 1.807) is 18.4 Å². The Balaban J connectivity index is 2.07. The molecule has 0 unspecified atom stereocenters. The number of nitrogens with zero attached hydrogens (tertiary/aromatic N) is 2. The number of aromatic nitrogens is 2. The molecule has 0 saturated heterocycles. The summed E-state index contributed by atoms with van der Waals surface area (Å²) < 4.78 is 5.19. The number of benzene rings is 1. The number of nitrogens with one attached hydrogen (secondary N) is 1. The Morgan fingerprint density at radius 3 is 2.86 bits per heavy atom. The quantitative estimate of drug-likeness (QED) is 0.778. The molecule has 1 N–H and O–H groups in total. The van der Waals surface area contributed by atoms with E-state index in [-0.39, 0.29) is 6.04 Å². The number of methoxy groups -OCH3 is 1. The van der Waals surface area contributed by atoms with Crippen molar-refractivity contribution in [3.8, 4) is 11.4 Å². The van der Waals surface area contributed by atoms with Crippen molar-refractivity contribution in [2.75, 3.05) is 19.0 Å². The number of hydrogen-bond donors (Lipinski definition) is 1. The van der Waals surface area contributed by atoms with Gasteiger partial charge < -0.3 is 10.1 Å². The third-order valence-electron chi connectivity index (χ3n) is 3.18. The van der Waals surface area contributed by atoms with E-state index in [4.69, 9.17) is 9.72 Å². The third kappa shape index (κ3) is 3.04. The Hall–Kier alpha value is -1.98. The van der Waals surface area contributed by atoms with Crippen LogP contribution in [0.3, 0.4) is 0 Å². The second-order valence-corrected chi connectivity index (χ2v) is 5.71. The SMILES string of the molecule is COC[C@H](C)Nc1nc(-c2ccsc2)nc2ccccc12. The first-order chi connectivity index (χ1) is 10.3. The number of hydrogen-bond acceptors (Lipinski definition) is 5. The Morgan fingerprint density at radius 2 is 2.10 bits per heavy atom. The van der Waals surface area contributed by atoms with Crippen LogP contribution in [0.15, 0.2) is 41.1 Å². The van der Waals surface area contributed by atoms with E-state index in [1.165, 1.54) is 0 Å². The largest absolute Gasteiger partial charge is 0.383 e. The van der Waals surface area contributed by atoms with E-state index >= 15 is 0 Å². The molecule has 0 spiro atoms. The molecule has 0 bridgehead atoms. The summed E-state index contributed by atoms with van der Waals surface area (Å²) in [6.07, 6.45) is 0. The van der Waals surface area contributed by atoms with Gasteiger partial charge in [-0.05, 0) is 30.5 Å². The molecule has 0 aliphatic carbocycles. The Morgan fingerprint density at radius 1 is 1.24 bits per heavy atom. The van der Waals surface area contributed by atoms with Crippen LogP contribution in [0, 0.1) is 0 Å². The van der Waals surface area contributed by atoms with Gasteiger partial charge in [0, 0.05) is 29.5 Å². The van der Waals surface area contributed by atoms with Gasteiger partial charge >= 0.3 is 0 Å². The zero-order chi connectivity index (χ0) is 14.7. The van der Waals surface area contributed by atoms with Gasteiger partial charge in [-0.1, -0.05) is 12.1 Å². The number of ether oxygens (including phenoxy) is 1. The Labute approximate surface area is 127 Å². The Kier molecular flexibility index (Phi) is 4.13. The molecule has 4 nitrogen and oxygen atoms in total. The molecule has 0 saturated carbocycles. The van der Waals surface area contributed by atoms with Gasteiger partial charge in [0.05, 0.1) is 12.1 Å². The van der Waals surface area contributed by atoms with Gasteiger partial charge in [0.1, 0.15) is 5.82 Å². The molecule has 2 aromatic heterocycles. The van der Waals surface area contributed by atoms with Crippen LogP contribution in [0.4, 0.5) is 5.82 Å². The lowest BCUT2D eigenvalue weighted by molar-refractivity contribution is 0.190. The maximum absolute atomic E-state index is 5.19. The third-order valence-corrected chi connectivity index (χ3v) is 3.87. The number of thiophene rings is 1. The molecule has 3 aromatic rings. The molecule has 1 aromatic carbocycles. The summed E-state index contributed by atoms with van der Waals surface area (Å²) in [5.41, 5.74) is 1.99. The van der Waals surface area contributed by atoms with Gasteiger partial charge in [-0.25, -0.2) is 9.97 Å². The van der Waals surface area contributed by atoms with Crippen molar-refractivity contribution in [1.29, 1.82) is 0 Å². The van der Waals surface area contributed by atoms with Crippen LogP contribution >= 0.6 is 11.3 Å². The van der Waals surface area contributed by atoms with Crippen molar-refractivity contribution in [2.24, 2.45) is 0 Å². The minimum absolute atomic E-state index is 0.184. The topological polar surface area (TPSA) is 47.0 Å². The van der Waals surface area contributed by atoms with E-state index in [0.717, 1.165) is 28.1 Å². The van der Waals surface area contributed by atoms with Crippen LogP contribution in [0.2, 0.25) is 0 Å². The molecule has 0 amide bonds. The van der Waals surface area contributed by atoms with Crippen molar-refractivity contribution in [3.63, 3.8) is 0 Å². The molecule has 0 radical (unpaired) electrons. The van der Waals surface area contributed by atoms with Crippen LogP contribution in [-0.4, -0.2) is 29.7 Å². The van der Waals surface area contributed by atoms with E-state index in [0.29, 0.717) is 6.61 Å². The van der Waals surface area contributed by atoms with E-state index < -0.39 is 0 Å². The van der Waals surface area contributed by atoms with E-state index in [1.807, 2.05) is 35.7 Å². The molecule has 108 valence electrons. The highest BCUT2D eigenvalue weighted by Crippen LogP contribution is 2.26. The normalized spacial score (nSPS) is 12.5. The lowest BCUT2D eigenvalue weighted by atomic mass is 10.2. The lowest BCUT2D eigenvalue weighted by Gasteiger charge is -2.15. The molecule has 5 heteroatoms. The first-order valence-electron chi connectivity index (χ1n) is 6.83. The Bertz CT molecular complexity index is 727. The summed E-state index contributed by atoms with van der Waals surface area (Å²) in [6, 6.07) is 10.3. The van der Waals surface area contributed by atoms with Gasteiger partial charge in [-0.2, -0.15) is 11.3 Å². The second-order valence-electron chi connectivity index (χ2n) is 4.93. The zero-order valence-electron chi connectivity index (χ0n) is 12.0. The monoisotopic (exact) mass is 299 g/mol. The maximum Gasteiger partial charge on any atom is 0.162 e. The van der Waals surface area contributed by atoms with Crippen LogP contribution < -0.4 is 5.32 Å². The molecule has 21 heavy (non-hydrogen) atoms.